The molecule has 0 aliphatic rings. The van der Waals surface area contributed by atoms with Crippen molar-refractivity contribution in [1.82, 2.24) is 9.78 Å². The SMILES string of the molecule is Cc1c(C(=O)Nc2cccc(C(N)=O)c2)cnn1-c1ccccc1. The van der Waals surface area contributed by atoms with Crippen LogP contribution in [0.3, 0.4) is 0 Å². The van der Waals surface area contributed by atoms with Gasteiger partial charge in [0, 0.05) is 11.3 Å². The van der Waals surface area contributed by atoms with Crippen molar-refractivity contribution in [3.05, 3.63) is 77.6 Å². The van der Waals surface area contributed by atoms with Crippen LogP contribution in [0.25, 0.3) is 5.69 Å². The van der Waals surface area contributed by atoms with Gasteiger partial charge in [-0.05, 0) is 37.3 Å². The van der Waals surface area contributed by atoms with E-state index in [-0.39, 0.29) is 5.91 Å². The molecule has 0 bridgehead atoms. The quantitative estimate of drug-likeness (QED) is 0.774. The van der Waals surface area contributed by atoms with Gasteiger partial charge < -0.3 is 11.1 Å². The Labute approximate surface area is 138 Å². The molecule has 1 heterocycles. The van der Waals surface area contributed by atoms with Crippen LogP contribution in [0.2, 0.25) is 0 Å². The highest BCUT2D eigenvalue weighted by Crippen LogP contribution is 2.16. The first-order valence-electron chi connectivity index (χ1n) is 7.37. The zero-order chi connectivity index (χ0) is 17.1. The first kappa shape index (κ1) is 15.5. The minimum absolute atomic E-state index is 0.295. The number of nitrogens with one attached hydrogen (secondary N) is 1. The highest BCUT2D eigenvalue weighted by molar-refractivity contribution is 6.05. The normalized spacial score (nSPS) is 10.4. The molecule has 0 aliphatic heterocycles. The third-order valence-corrected chi connectivity index (χ3v) is 3.66. The second kappa shape index (κ2) is 6.37. The van der Waals surface area contributed by atoms with Crippen LogP contribution in [0.15, 0.2) is 60.8 Å². The van der Waals surface area contributed by atoms with Crippen LogP contribution in [-0.2, 0) is 0 Å². The van der Waals surface area contributed by atoms with Gasteiger partial charge in [0.15, 0.2) is 0 Å². The van der Waals surface area contributed by atoms with Crippen molar-refractivity contribution in [2.24, 2.45) is 5.73 Å². The van der Waals surface area contributed by atoms with Gasteiger partial charge in [0.05, 0.1) is 23.1 Å². The molecule has 0 aliphatic carbocycles. The second-order valence-electron chi connectivity index (χ2n) is 5.29. The molecule has 2 aromatic carbocycles. The van der Waals surface area contributed by atoms with Gasteiger partial charge >= 0.3 is 0 Å². The van der Waals surface area contributed by atoms with Crippen molar-refractivity contribution in [2.75, 3.05) is 5.32 Å². The fourth-order valence-electron chi connectivity index (χ4n) is 2.41. The Morgan fingerprint density at radius 1 is 1.08 bits per heavy atom. The van der Waals surface area contributed by atoms with Crippen molar-refractivity contribution < 1.29 is 9.59 Å². The molecule has 0 spiro atoms. The van der Waals surface area contributed by atoms with E-state index in [0.29, 0.717) is 16.8 Å². The van der Waals surface area contributed by atoms with E-state index in [2.05, 4.69) is 10.4 Å². The summed E-state index contributed by atoms with van der Waals surface area (Å²) in [6, 6.07) is 16.1. The predicted molar refractivity (Wildman–Crippen MR) is 91.2 cm³/mol. The van der Waals surface area contributed by atoms with Gasteiger partial charge in [0.1, 0.15) is 0 Å². The Balaban J connectivity index is 1.85. The van der Waals surface area contributed by atoms with E-state index >= 15 is 0 Å². The van der Waals surface area contributed by atoms with Crippen LogP contribution in [0.4, 0.5) is 5.69 Å². The largest absolute Gasteiger partial charge is 0.366 e. The number of hydrogen-bond donors (Lipinski definition) is 2. The summed E-state index contributed by atoms with van der Waals surface area (Å²) in [6.45, 7) is 1.83. The third-order valence-electron chi connectivity index (χ3n) is 3.66. The molecule has 3 N–H and O–H groups in total. The van der Waals surface area contributed by atoms with E-state index in [0.717, 1.165) is 11.4 Å². The molecule has 0 fully saturated rings. The number of rotatable bonds is 4. The molecule has 0 saturated carbocycles. The van der Waals surface area contributed by atoms with Gasteiger partial charge in [-0.2, -0.15) is 5.10 Å². The first-order valence-corrected chi connectivity index (χ1v) is 7.37. The van der Waals surface area contributed by atoms with E-state index in [1.807, 2.05) is 37.3 Å². The third kappa shape index (κ3) is 3.03. The number of nitrogens with two attached hydrogens (primary N) is 1. The summed E-state index contributed by atoms with van der Waals surface area (Å²) < 4.78 is 1.70. The summed E-state index contributed by atoms with van der Waals surface area (Å²) >= 11 is 0. The maximum Gasteiger partial charge on any atom is 0.259 e. The lowest BCUT2D eigenvalue weighted by atomic mass is 10.2. The number of amides is 2. The molecule has 3 aromatic rings. The summed E-state index contributed by atoms with van der Waals surface area (Å²) in [5.41, 5.74) is 8.16. The smallest absolute Gasteiger partial charge is 0.259 e. The van der Waals surface area contributed by atoms with Crippen molar-refractivity contribution in [1.29, 1.82) is 0 Å². The van der Waals surface area contributed by atoms with Crippen molar-refractivity contribution >= 4 is 17.5 Å². The van der Waals surface area contributed by atoms with Crippen molar-refractivity contribution in [2.45, 2.75) is 6.92 Å². The summed E-state index contributed by atoms with van der Waals surface area (Å²) in [4.78, 5) is 23.7. The summed E-state index contributed by atoms with van der Waals surface area (Å²) in [5.74, 6) is -0.838. The highest BCUT2D eigenvalue weighted by atomic mass is 16.2. The maximum absolute atomic E-state index is 12.5. The van der Waals surface area contributed by atoms with Crippen LogP contribution in [0.1, 0.15) is 26.4 Å². The Morgan fingerprint density at radius 3 is 2.54 bits per heavy atom. The van der Waals surface area contributed by atoms with Gasteiger partial charge in [0.25, 0.3) is 5.91 Å². The average Bonchev–Trinajstić information content (AvgIpc) is 2.97. The Kier molecular flexibility index (Phi) is 4.11. The Bertz CT molecular complexity index is 900. The molecule has 0 saturated heterocycles. The van der Waals surface area contributed by atoms with Crippen LogP contribution < -0.4 is 11.1 Å². The highest BCUT2D eigenvalue weighted by Gasteiger charge is 2.15. The van der Waals surface area contributed by atoms with Crippen LogP contribution in [0.5, 0.6) is 0 Å². The van der Waals surface area contributed by atoms with Gasteiger partial charge in [-0.1, -0.05) is 24.3 Å². The molecule has 0 atom stereocenters. The lowest BCUT2D eigenvalue weighted by Gasteiger charge is -2.07. The summed E-state index contributed by atoms with van der Waals surface area (Å²) in [6.07, 6.45) is 1.52. The van der Waals surface area contributed by atoms with Crippen LogP contribution >= 0.6 is 0 Å². The molecule has 120 valence electrons. The number of anilines is 1. The van der Waals surface area contributed by atoms with Gasteiger partial charge in [-0.3, -0.25) is 9.59 Å². The van der Waals surface area contributed by atoms with Crippen LogP contribution in [0, 0.1) is 6.92 Å². The zero-order valence-electron chi connectivity index (χ0n) is 13.1. The number of nitrogens with zero attached hydrogens (tertiary/aromatic N) is 2. The number of para-hydroxylation sites is 1. The molecule has 6 nitrogen and oxygen atoms in total. The molecule has 0 radical (unpaired) electrons. The summed E-state index contributed by atoms with van der Waals surface area (Å²) in [5, 5.41) is 7.04. The molecule has 2 amide bonds. The van der Waals surface area contributed by atoms with E-state index < -0.39 is 5.91 Å². The van der Waals surface area contributed by atoms with E-state index in [1.165, 1.54) is 12.3 Å². The lowest BCUT2D eigenvalue weighted by Crippen LogP contribution is -2.15. The number of benzene rings is 2. The Hall–Kier alpha value is -3.41. The van der Waals surface area contributed by atoms with Crippen molar-refractivity contribution in [3.63, 3.8) is 0 Å². The Morgan fingerprint density at radius 2 is 1.83 bits per heavy atom. The first-order chi connectivity index (χ1) is 11.6. The fourth-order valence-corrected chi connectivity index (χ4v) is 2.41. The minimum atomic E-state index is -0.542. The number of aromatic nitrogens is 2. The van der Waals surface area contributed by atoms with Gasteiger partial charge in [-0.15, -0.1) is 0 Å². The molecular formula is C18H16N4O2. The molecule has 6 heteroatoms. The number of carbonyl (C=O) groups excluding carboxylic acids is 2. The average molecular weight is 320 g/mol. The molecule has 3 rings (SSSR count). The van der Waals surface area contributed by atoms with Gasteiger partial charge in [0.2, 0.25) is 5.91 Å². The molecule has 1 aromatic heterocycles. The van der Waals surface area contributed by atoms with Crippen molar-refractivity contribution in [3.8, 4) is 5.69 Å². The minimum Gasteiger partial charge on any atom is -0.366 e. The fraction of sp³-hybridized carbons (Fsp3) is 0.0556. The second-order valence-corrected chi connectivity index (χ2v) is 5.29. The molecule has 0 unspecified atom stereocenters. The van der Waals surface area contributed by atoms with Gasteiger partial charge in [-0.25, -0.2) is 4.68 Å². The number of primary amides is 1. The summed E-state index contributed by atoms with van der Waals surface area (Å²) in [7, 11) is 0. The number of carbonyl (C=O) groups is 2. The molecule has 24 heavy (non-hydrogen) atoms. The van der Waals surface area contributed by atoms with E-state index in [4.69, 9.17) is 5.73 Å². The molecular weight excluding hydrogens is 304 g/mol. The topological polar surface area (TPSA) is 90.0 Å². The van der Waals surface area contributed by atoms with E-state index in [9.17, 15) is 9.59 Å². The predicted octanol–water partition coefficient (Wildman–Crippen LogP) is 2.53. The van der Waals surface area contributed by atoms with E-state index in [1.54, 1.807) is 22.9 Å². The standard InChI is InChI=1S/C18H16N4O2/c1-12-16(11-20-22(12)15-8-3-2-4-9-15)18(24)21-14-7-5-6-13(10-14)17(19)23/h2-11H,1H3,(H2,19,23)(H,21,24). The van der Waals surface area contributed by atoms with Crippen LogP contribution in [-0.4, -0.2) is 21.6 Å². The lowest BCUT2D eigenvalue weighted by molar-refractivity contribution is 0.0996. The monoisotopic (exact) mass is 320 g/mol. The zero-order valence-corrected chi connectivity index (χ0v) is 13.1. The maximum atomic E-state index is 12.5. The number of hydrogen-bond acceptors (Lipinski definition) is 3.